The van der Waals surface area contributed by atoms with E-state index >= 15 is 0 Å². The van der Waals surface area contributed by atoms with Crippen LogP contribution in [0.2, 0.25) is 0 Å². The molecule has 2 aromatic rings. The second-order valence-electron chi connectivity index (χ2n) is 3.71. The van der Waals surface area contributed by atoms with Gasteiger partial charge in [0, 0.05) is 29.8 Å². The van der Waals surface area contributed by atoms with Crippen LogP contribution in [0.1, 0.15) is 12.8 Å². The molecule has 0 radical (unpaired) electrons. The number of unbranched alkanes of at least 4 members (excludes halogenated alkanes) is 1. The van der Waals surface area contributed by atoms with Crippen LogP contribution < -0.4 is 0 Å². The third-order valence-corrected chi connectivity index (χ3v) is 3.09. The van der Waals surface area contributed by atoms with Gasteiger partial charge in [-0.1, -0.05) is 46.3 Å². The number of alkyl halides is 1. The van der Waals surface area contributed by atoms with Crippen LogP contribution in [0.15, 0.2) is 42.7 Å². The molecule has 0 fully saturated rings. The highest BCUT2D eigenvalue weighted by Crippen LogP contribution is 2.17. The van der Waals surface area contributed by atoms with Gasteiger partial charge in [-0.2, -0.15) is 0 Å². The van der Waals surface area contributed by atoms with Gasteiger partial charge in [0.1, 0.15) is 5.82 Å². The fourth-order valence-corrected chi connectivity index (χ4v) is 2.11. The first-order valence-corrected chi connectivity index (χ1v) is 6.66. The maximum Gasteiger partial charge on any atom is 0.139 e. The Morgan fingerprint density at radius 2 is 1.94 bits per heavy atom. The summed E-state index contributed by atoms with van der Waals surface area (Å²) in [6.07, 6.45) is 6.31. The molecule has 0 aliphatic carbocycles. The van der Waals surface area contributed by atoms with E-state index in [1.165, 1.54) is 18.4 Å². The summed E-state index contributed by atoms with van der Waals surface area (Å²) in [6, 6.07) is 10.3. The smallest absolute Gasteiger partial charge is 0.139 e. The van der Waals surface area contributed by atoms with Crippen molar-refractivity contribution in [1.82, 2.24) is 9.55 Å². The molecule has 0 aliphatic heterocycles. The molecule has 1 heterocycles. The van der Waals surface area contributed by atoms with Crippen molar-refractivity contribution in [2.24, 2.45) is 0 Å². The Hall–Kier alpha value is -1.09. The van der Waals surface area contributed by atoms with Gasteiger partial charge in [-0.15, -0.1) is 0 Å². The van der Waals surface area contributed by atoms with Crippen LogP contribution in [0.4, 0.5) is 0 Å². The van der Waals surface area contributed by atoms with E-state index in [0.29, 0.717) is 0 Å². The number of aromatic nitrogens is 2. The number of aryl methyl sites for hydroxylation is 1. The highest BCUT2D eigenvalue weighted by Gasteiger charge is 2.04. The largest absolute Gasteiger partial charge is 0.331 e. The molecule has 0 amide bonds. The van der Waals surface area contributed by atoms with Gasteiger partial charge in [0.2, 0.25) is 0 Å². The van der Waals surface area contributed by atoms with Crippen molar-refractivity contribution < 1.29 is 0 Å². The SMILES string of the molecule is BrCCCCn1ccnc1-c1ccccc1. The molecule has 2 rings (SSSR count). The average molecular weight is 279 g/mol. The second kappa shape index (κ2) is 5.85. The number of halogens is 1. The van der Waals surface area contributed by atoms with Crippen molar-refractivity contribution in [3.8, 4) is 11.4 Å². The fraction of sp³-hybridized carbons (Fsp3) is 0.308. The Kier molecular flexibility index (Phi) is 4.17. The highest BCUT2D eigenvalue weighted by molar-refractivity contribution is 9.09. The Morgan fingerprint density at radius 1 is 1.12 bits per heavy atom. The molecule has 0 unspecified atom stereocenters. The summed E-state index contributed by atoms with van der Waals surface area (Å²) >= 11 is 3.45. The third-order valence-electron chi connectivity index (χ3n) is 2.53. The summed E-state index contributed by atoms with van der Waals surface area (Å²) in [7, 11) is 0. The number of benzene rings is 1. The van der Waals surface area contributed by atoms with Gasteiger partial charge in [-0.3, -0.25) is 0 Å². The lowest BCUT2D eigenvalue weighted by Crippen LogP contribution is -1.99. The van der Waals surface area contributed by atoms with Gasteiger partial charge in [-0.05, 0) is 12.8 Å². The maximum absolute atomic E-state index is 4.42. The Labute approximate surface area is 104 Å². The molecule has 0 atom stereocenters. The van der Waals surface area contributed by atoms with Crippen LogP contribution in [0.5, 0.6) is 0 Å². The van der Waals surface area contributed by atoms with Gasteiger partial charge >= 0.3 is 0 Å². The normalized spacial score (nSPS) is 10.6. The molecular formula is C13H15BrN2. The summed E-state index contributed by atoms with van der Waals surface area (Å²) < 4.78 is 2.22. The predicted octanol–water partition coefficient (Wildman–Crippen LogP) is 3.73. The van der Waals surface area contributed by atoms with Crippen LogP contribution in [-0.4, -0.2) is 14.9 Å². The second-order valence-corrected chi connectivity index (χ2v) is 4.50. The number of imidazole rings is 1. The lowest BCUT2D eigenvalue weighted by Gasteiger charge is -2.06. The summed E-state index contributed by atoms with van der Waals surface area (Å²) in [5.74, 6) is 1.06. The van der Waals surface area contributed by atoms with Crippen molar-refractivity contribution in [2.45, 2.75) is 19.4 Å². The zero-order valence-corrected chi connectivity index (χ0v) is 10.7. The number of hydrogen-bond acceptors (Lipinski definition) is 1. The van der Waals surface area contributed by atoms with Crippen LogP contribution in [0.25, 0.3) is 11.4 Å². The van der Waals surface area contributed by atoms with Crippen molar-refractivity contribution >= 4 is 15.9 Å². The Bertz CT molecular complexity index is 423. The Morgan fingerprint density at radius 3 is 2.69 bits per heavy atom. The molecule has 3 heteroatoms. The minimum Gasteiger partial charge on any atom is -0.331 e. The molecule has 1 aromatic heterocycles. The van der Waals surface area contributed by atoms with Crippen LogP contribution in [-0.2, 0) is 6.54 Å². The molecule has 84 valence electrons. The molecule has 2 nitrogen and oxygen atoms in total. The molecule has 0 saturated heterocycles. The van der Waals surface area contributed by atoms with Crippen molar-refractivity contribution in [2.75, 3.05) is 5.33 Å². The van der Waals surface area contributed by atoms with E-state index in [9.17, 15) is 0 Å². The zero-order chi connectivity index (χ0) is 11.2. The zero-order valence-electron chi connectivity index (χ0n) is 9.14. The van der Waals surface area contributed by atoms with E-state index in [2.05, 4.69) is 43.8 Å². The first kappa shape index (κ1) is 11.4. The fourth-order valence-electron chi connectivity index (χ4n) is 1.71. The summed E-state index contributed by atoms with van der Waals surface area (Å²) in [5.41, 5.74) is 1.19. The van der Waals surface area contributed by atoms with Crippen LogP contribution >= 0.6 is 15.9 Å². The number of nitrogens with zero attached hydrogens (tertiary/aromatic N) is 2. The van der Waals surface area contributed by atoms with Gasteiger partial charge in [0.15, 0.2) is 0 Å². The average Bonchev–Trinajstić information content (AvgIpc) is 2.79. The summed E-state index contributed by atoms with van der Waals surface area (Å²) in [4.78, 5) is 4.42. The van der Waals surface area contributed by atoms with E-state index < -0.39 is 0 Å². The van der Waals surface area contributed by atoms with Crippen molar-refractivity contribution in [1.29, 1.82) is 0 Å². The predicted molar refractivity (Wildman–Crippen MR) is 70.7 cm³/mol. The van der Waals surface area contributed by atoms with Crippen LogP contribution in [0, 0.1) is 0 Å². The molecule has 0 aliphatic rings. The molecule has 0 saturated carbocycles. The molecule has 0 N–H and O–H groups in total. The molecular weight excluding hydrogens is 264 g/mol. The number of rotatable bonds is 5. The molecule has 16 heavy (non-hydrogen) atoms. The van der Waals surface area contributed by atoms with E-state index in [1.807, 2.05) is 24.4 Å². The number of hydrogen-bond donors (Lipinski definition) is 0. The van der Waals surface area contributed by atoms with Gasteiger partial charge in [0.25, 0.3) is 0 Å². The molecule has 0 spiro atoms. The molecule has 0 bridgehead atoms. The van der Waals surface area contributed by atoms with Crippen molar-refractivity contribution in [3.63, 3.8) is 0 Å². The van der Waals surface area contributed by atoms with E-state index in [4.69, 9.17) is 0 Å². The highest BCUT2D eigenvalue weighted by atomic mass is 79.9. The monoisotopic (exact) mass is 278 g/mol. The maximum atomic E-state index is 4.42. The minimum atomic E-state index is 1.04. The lowest BCUT2D eigenvalue weighted by molar-refractivity contribution is 0.641. The lowest BCUT2D eigenvalue weighted by atomic mass is 10.2. The van der Waals surface area contributed by atoms with Crippen molar-refractivity contribution in [3.05, 3.63) is 42.7 Å². The quantitative estimate of drug-likeness (QED) is 0.602. The standard InChI is InChI=1S/C13H15BrN2/c14-8-4-5-10-16-11-9-15-13(16)12-6-2-1-3-7-12/h1-3,6-7,9,11H,4-5,8,10H2. The van der Waals surface area contributed by atoms with E-state index in [0.717, 1.165) is 17.7 Å². The summed E-state index contributed by atoms with van der Waals surface area (Å²) in [5, 5.41) is 1.07. The molecule has 1 aromatic carbocycles. The van der Waals surface area contributed by atoms with E-state index in [1.54, 1.807) is 0 Å². The minimum absolute atomic E-state index is 1.04. The van der Waals surface area contributed by atoms with Crippen LogP contribution in [0.3, 0.4) is 0 Å². The summed E-state index contributed by atoms with van der Waals surface area (Å²) in [6.45, 7) is 1.04. The van der Waals surface area contributed by atoms with Gasteiger partial charge < -0.3 is 4.57 Å². The first-order chi connectivity index (χ1) is 7.92. The Balaban J connectivity index is 2.13. The first-order valence-electron chi connectivity index (χ1n) is 5.54. The van der Waals surface area contributed by atoms with E-state index in [-0.39, 0.29) is 0 Å². The topological polar surface area (TPSA) is 17.8 Å². The third kappa shape index (κ3) is 2.73. The van der Waals surface area contributed by atoms with Gasteiger partial charge in [-0.25, -0.2) is 4.98 Å². The van der Waals surface area contributed by atoms with Gasteiger partial charge in [0.05, 0.1) is 0 Å².